The molecule has 0 aliphatic carbocycles. The van der Waals surface area contributed by atoms with Crippen molar-refractivity contribution < 1.29 is 28.6 Å². The molecule has 0 aliphatic heterocycles. The van der Waals surface area contributed by atoms with Crippen LogP contribution in [0, 0.1) is 5.92 Å². The zero-order valence-corrected chi connectivity index (χ0v) is 36.7. The maximum absolute atomic E-state index is 12.7. The third-order valence-electron chi connectivity index (χ3n) is 10.8. The standard InChI is InChI=1S/C48H92O6/c1-5-7-9-11-13-15-24-28-32-36-40-47(50)53-43-45(42-52-46(49)39-35-31-27-22-14-12-10-8-6-2)54-48(51)41-37-33-29-25-21-19-17-16-18-20-23-26-30-34-38-44(3)4/h44-45H,5-43H2,1-4H3/t45-/m0/s1. The van der Waals surface area contributed by atoms with Crippen LogP contribution in [0.15, 0.2) is 0 Å². The Morgan fingerprint density at radius 1 is 0.352 bits per heavy atom. The monoisotopic (exact) mass is 765 g/mol. The second-order valence-corrected chi connectivity index (χ2v) is 16.9. The Balaban J connectivity index is 4.26. The molecule has 0 N–H and O–H groups in total. The van der Waals surface area contributed by atoms with Crippen LogP contribution < -0.4 is 0 Å². The Labute approximate surface area is 336 Å². The summed E-state index contributed by atoms with van der Waals surface area (Å²) in [7, 11) is 0. The van der Waals surface area contributed by atoms with E-state index in [4.69, 9.17) is 14.2 Å². The first-order chi connectivity index (χ1) is 26.4. The van der Waals surface area contributed by atoms with E-state index in [-0.39, 0.29) is 31.1 Å². The van der Waals surface area contributed by atoms with Crippen molar-refractivity contribution in [2.75, 3.05) is 13.2 Å². The normalized spacial score (nSPS) is 11.9. The van der Waals surface area contributed by atoms with Gasteiger partial charge in [-0.1, -0.05) is 227 Å². The average molecular weight is 765 g/mol. The van der Waals surface area contributed by atoms with Gasteiger partial charge in [0.25, 0.3) is 0 Å². The molecule has 0 amide bonds. The molecule has 0 aromatic rings. The van der Waals surface area contributed by atoms with E-state index in [1.807, 2.05) is 0 Å². The van der Waals surface area contributed by atoms with Crippen molar-refractivity contribution in [3.8, 4) is 0 Å². The van der Waals surface area contributed by atoms with Crippen molar-refractivity contribution >= 4 is 17.9 Å². The van der Waals surface area contributed by atoms with Crippen molar-refractivity contribution in [2.24, 2.45) is 5.92 Å². The van der Waals surface area contributed by atoms with E-state index < -0.39 is 6.10 Å². The van der Waals surface area contributed by atoms with Gasteiger partial charge in [-0.15, -0.1) is 0 Å². The molecule has 1 atom stereocenters. The molecule has 0 heterocycles. The number of ether oxygens (including phenoxy) is 3. The molecule has 0 saturated heterocycles. The van der Waals surface area contributed by atoms with Crippen LogP contribution in [0.4, 0.5) is 0 Å². The van der Waals surface area contributed by atoms with Crippen LogP contribution >= 0.6 is 0 Å². The highest BCUT2D eigenvalue weighted by atomic mass is 16.6. The second-order valence-electron chi connectivity index (χ2n) is 16.9. The van der Waals surface area contributed by atoms with Crippen LogP contribution in [-0.2, 0) is 28.6 Å². The SMILES string of the molecule is CCCCCCCCCCCCC(=O)OC[C@H](COC(=O)CCCCCCCCCCC)OC(=O)CCCCCCCCCCCCCCCCC(C)C. The van der Waals surface area contributed by atoms with Crippen molar-refractivity contribution in [3.63, 3.8) is 0 Å². The molecule has 6 heteroatoms. The zero-order chi connectivity index (χ0) is 39.6. The van der Waals surface area contributed by atoms with E-state index in [0.29, 0.717) is 19.3 Å². The van der Waals surface area contributed by atoms with Gasteiger partial charge in [0.2, 0.25) is 0 Å². The predicted molar refractivity (Wildman–Crippen MR) is 229 cm³/mol. The second kappa shape index (κ2) is 42.6. The quantitative estimate of drug-likeness (QED) is 0.0349. The van der Waals surface area contributed by atoms with Gasteiger partial charge in [-0.25, -0.2) is 0 Å². The molecule has 0 aromatic carbocycles. The molecule has 0 spiro atoms. The third kappa shape index (κ3) is 41.6. The Hall–Kier alpha value is -1.59. The summed E-state index contributed by atoms with van der Waals surface area (Å²) < 4.78 is 16.7. The van der Waals surface area contributed by atoms with E-state index in [2.05, 4.69) is 27.7 Å². The van der Waals surface area contributed by atoms with Gasteiger partial charge in [-0.05, 0) is 25.2 Å². The molecule has 6 nitrogen and oxygen atoms in total. The summed E-state index contributed by atoms with van der Waals surface area (Å²) in [6.07, 6.45) is 42.3. The smallest absolute Gasteiger partial charge is 0.306 e. The molecular weight excluding hydrogens is 673 g/mol. The first-order valence-corrected chi connectivity index (χ1v) is 23.9. The predicted octanol–water partition coefficient (Wildman–Crippen LogP) is 15.1. The highest BCUT2D eigenvalue weighted by molar-refractivity contribution is 5.71. The van der Waals surface area contributed by atoms with Gasteiger partial charge >= 0.3 is 17.9 Å². The molecule has 0 rings (SSSR count). The molecule has 0 saturated carbocycles. The maximum atomic E-state index is 12.7. The summed E-state index contributed by atoms with van der Waals surface area (Å²) in [6, 6.07) is 0. The number of hydrogen-bond donors (Lipinski definition) is 0. The van der Waals surface area contributed by atoms with E-state index in [1.165, 1.54) is 161 Å². The lowest BCUT2D eigenvalue weighted by Gasteiger charge is -2.18. The molecular formula is C48H92O6. The average Bonchev–Trinajstić information content (AvgIpc) is 3.15. The molecule has 0 unspecified atom stereocenters. The fourth-order valence-electron chi connectivity index (χ4n) is 7.16. The van der Waals surface area contributed by atoms with E-state index in [0.717, 1.165) is 63.7 Å². The fraction of sp³-hybridized carbons (Fsp3) is 0.938. The van der Waals surface area contributed by atoms with Gasteiger partial charge < -0.3 is 14.2 Å². The van der Waals surface area contributed by atoms with Crippen LogP contribution in [0.25, 0.3) is 0 Å². The summed E-state index contributed by atoms with van der Waals surface area (Å²) in [5, 5.41) is 0. The Morgan fingerprint density at radius 3 is 0.907 bits per heavy atom. The summed E-state index contributed by atoms with van der Waals surface area (Å²) in [5.41, 5.74) is 0. The summed E-state index contributed by atoms with van der Waals surface area (Å²) in [6.45, 7) is 8.99. The van der Waals surface area contributed by atoms with Crippen molar-refractivity contribution in [1.29, 1.82) is 0 Å². The highest BCUT2D eigenvalue weighted by Gasteiger charge is 2.19. The Morgan fingerprint density at radius 2 is 0.611 bits per heavy atom. The van der Waals surface area contributed by atoms with E-state index in [1.54, 1.807) is 0 Å². The molecule has 320 valence electrons. The highest BCUT2D eigenvalue weighted by Crippen LogP contribution is 2.16. The molecule has 0 fully saturated rings. The van der Waals surface area contributed by atoms with Gasteiger partial charge in [0, 0.05) is 19.3 Å². The van der Waals surface area contributed by atoms with Crippen LogP contribution in [0.2, 0.25) is 0 Å². The van der Waals surface area contributed by atoms with Crippen molar-refractivity contribution in [1.82, 2.24) is 0 Å². The lowest BCUT2D eigenvalue weighted by molar-refractivity contribution is -0.167. The first-order valence-electron chi connectivity index (χ1n) is 23.9. The number of carbonyl (C=O) groups excluding carboxylic acids is 3. The maximum Gasteiger partial charge on any atom is 0.306 e. The van der Waals surface area contributed by atoms with Gasteiger partial charge in [0.05, 0.1) is 0 Å². The first kappa shape index (κ1) is 52.4. The summed E-state index contributed by atoms with van der Waals surface area (Å²) >= 11 is 0. The van der Waals surface area contributed by atoms with Gasteiger partial charge in [0.1, 0.15) is 13.2 Å². The van der Waals surface area contributed by atoms with E-state index >= 15 is 0 Å². The number of esters is 3. The Kier molecular flexibility index (Phi) is 41.3. The minimum absolute atomic E-state index is 0.0635. The fourth-order valence-corrected chi connectivity index (χ4v) is 7.16. The lowest BCUT2D eigenvalue weighted by atomic mass is 10.0. The van der Waals surface area contributed by atoms with Crippen LogP contribution in [0.1, 0.15) is 265 Å². The molecule has 0 aromatic heterocycles. The molecule has 0 radical (unpaired) electrons. The number of unbranched alkanes of at least 4 members (excludes halogenated alkanes) is 30. The van der Waals surface area contributed by atoms with Gasteiger partial charge in [-0.3, -0.25) is 14.4 Å². The summed E-state index contributed by atoms with van der Waals surface area (Å²) in [4.78, 5) is 37.7. The molecule has 0 bridgehead atoms. The minimum atomic E-state index is -0.758. The van der Waals surface area contributed by atoms with Crippen LogP contribution in [-0.4, -0.2) is 37.2 Å². The largest absolute Gasteiger partial charge is 0.462 e. The van der Waals surface area contributed by atoms with Crippen molar-refractivity contribution in [2.45, 2.75) is 271 Å². The van der Waals surface area contributed by atoms with Gasteiger partial charge in [0.15, 0.2) is 6.10 Å². The van der Waals surface area contributed by atoms with Crippen LogP contribution in [0.5, 0.6) is 0 Å². The molecule has 0 aliphatic rings. The minimum Gasteiger partial charge on any atom is -0.462 e. The Bertz CT molecular complexity index is 811. The summed E-state index contributed by atoms with van der Waals surface area (Å²) in [5.74, 6) is -0.0105. The number of carbonyl (C=O) groups is 3. The lowest BCUT2D eigenvalue weighted by Crippen LogP contribution is -2.30. The zero-order valence-electron chi connectivity index (χ0n) is 36.7. The van der Waals surface area contributed by atoms with Crippen molar-refractivity contribution in [3.05, 3.63) is 0 Å². The molecule has 54 heavy (non-hydrogen) atoms. The topological polar surface area (TPSA) is 78.9 Å². The van der Waals surface area contributed by atoms with E-state index in [9.17, 15) is 14.4 Å². The number of rotatable bonds is 43. The third-order valence-corrected chi connectivity index (χ3v) is 10.8. The van der Waals surface area contributed by atoms with Gasteiger partial charge in [-0.2, -0.15) is 0 Å². The number of hydrogen-bond acceptors (Lipinski definition) is 6. The van der Waals surface area contributed by atoms with Crippen LogP contribution in [0.3, 0.4) is 0 Å².